The molecule has 6 heteroatoms. The summed E-state index contributed by atoms with van der Waals surface area (Å²) in [6.45, 7) is 3.53. The van der Waals surface area contributed by atoms with E-state index in [9.17, 15) is 14.7 Å². The third-order valence-corrected chi connectivity index (χ3v) is 4.73. The van der Waals surface area contributed by atoms with Gasteiger partial charge >= 0.3 is 5.97 Å². The van der Waals surface area contributed by atoms with Gasteiger partial charge in [0.15, 0.2) is 0 Å². The van der Waals surface area contributed by atoms with Gasteiger partial charge in [0.25, 0.3) is 0 Å². The van der Waals surface area contributed by atoms with Crippen molar-refractivity contribution in [3.05, 3.63) is 35.9 Å². The fourth-order valence-electron chi connectivity index (χ4n) is 3.52. The van der Waals surface area contributed by atoms with Crippen molar-refractivity contribution >= 4 is 11.9 Å². The van der Waals surface area contributed by atoms with Gasteiger partial charge in [-0.3, -0.25) is 9.69 Å². The molecule has 2 heterocycles. The third kappa shape index (κ3) is 4.13. The second-order valence-electron chi connectivity index (χ2n) is 6.50. The summed E-state index contributed by atoms with van der Waals surface area (Å²) in [5.74, 6) is -1.01. The zero-order valence-corrected chi connectivity index (χ0v) is 13.8. The lowest BCUT2D eigenvalue weighted by Gasteiger charge is -2.33. The summed E-state index contributed by atoms with van der Waals surface area (Å²) in [6, 6.07) is 9.57. The number of hydrogen-bond acceptors (Lipinski definition) is 4. The highest BCUT2D eigenvalue weighted by atomic mass is 16.5. The summed E-state index contributed by atoms with van der Waals surface area (Å²) in [6.07, 6.45) is 1.40. The Morgan fingerprint density at radius 3 is 2.75 bits per heavy atom. The first kappa shape index (κ1) is 16.9. The van der Waals surface area contributed by atoms with Crippen molar-refractivity contribution in [1.29, 1.82) is 0 Å². The van der Waals surface area contributed by atoms with Crippen LogP contribution in [0.25, 0.3) is 0 Å². The fourth-order valence-corrected chi connectivity index (χ4v) is 3.52. The van der Waals surface area contributed by atoms with Crippen molar-refractivity contribution in [2.75, 3.05) is 26.2 Å². The van der Waals surface area contributed by atoms with Gasteiger partial charge in [0.2, 0.25) is 5.91 Å². The average molecular weight is 332 g/mol. The van der Waals surface area contributed by atoms with Crippen LogP contribution in [0.3, 0.4) is 0 Å². The van der Waals surface area contributed by atoms with Crippen LogP contribution in [-0.2, 0) is 20.9 Å². The Hall–Kier alpha value is -1.92. The summed E-state index contributed by atoms with van der Waals surface area (Å²) in [7, 11) is 0. The van der Waals surface area contributed by atoms with Gasteiger partial charge in [-0.1, -0.05) is 30.3 Å². The number of carboxylic acid groups (broad SMARTS) is 1. The number of ether oxygens (including phenoxy) is 1. The standard InChI is InChI=1S/C18H24N2O4/c21-17(20-8-4-7-16(20)18(22)23)11-15-13-19(9-10-24-15)12-14-5-2-1-3-6-14/h1-3,5-6,15-16H,4,7-13H2,(H,22,23)/t15-,16+/m0/s1. The van der Waals surface area contributed by atoms with Crippen LogP contribution in [-0.4, -0.2) is 65.2 Å². The van der Waals surface area contributed by atoms with E-state index in [1.165, 1.54) is 10.5 Å². The predicted molar refractivity (Wildman–Crippen MR) is 88.4 cm³/mol. The molecule has 130 valence electrons. The predicted octanol–water partition coefficient (Wildman–Crippen LogP) is 1.35. The maximum absolute atomic E-state index is 12.5. The quantitative estimate of drug-likeness (QED) is 0.881. The number of rotatable bonds is 5. The summed E-state index contributed by atoms with van der Waals surface area (Å²) >= 11 is 0. The Labute approximate surface area is 142 Å². The van der Waals surface area contributed by atoms with Gasteiger partial charge in [-0.2, -0.15) is 0 Å². The molecule has 2 atom stereocenters. The van der Waals surface area contributed by atoms with Crippen LogP contribution < -0.4 is 0 Å². The first-order chi connectivity index (χ1) is 11.6. The Balaban J connectivity index is 1.53. The molecule has 0 spiro atoms. The number of morpholine rings is 1. The van der Waals surface area contributed by atoms with E-state index in [2.05, 4.69) is 17.0 Å². The summed E-state index contributed by atoms with van der Waals surface area (Å²) in [5, 5.41) is 9.21. The minimum atomic E-state index is -0.906. The number of likely N-dealkylation sites (tertiary alicyclic amines) is 1. The van der Waals surface area contributed by atoms with Crippen LogP contribution in [0.15, 0.2) is 30.3 Å². The van der Waals surface area contributed by atoms with E-state index >= 15 is 0 Å². The summed E-state index contributed by atoms with van der Waals surface area (Å²) < 4.78 is 5.74. The van der Waals surface area contributed by atoms with Crippen molar-refractivity contribution in [2.45, 2.75) is 38.0 Å². The molecule has 0 saturated carbocycles. The zero-order chi connectivity index (χ0) is 16.9. The van der Waals surface area contributed by atoms with Gasteiger partial charge in [-0.25, -0.2) is 4.79 Å². The molecule has 0 bridgehead atoms. The van der Waals surface area contributed by atoms with Gasteiger partial charge in [-0.15, -0.1) is 0 Å². The molecule has 2 fully saturated rings. The molecule has 24 heavy (non-hydrogen) atoms. The maximum Gasteiger partial charge on any atom is 0.326 e. The maximum atomic E-state index is 12.5. The van der Waals surface area contributed by atoms with Crippen molar-refractivity contribution in [1.82, 2.24) is 9.80 Å². The summed E-state index contributed by atoms with van der Waals surface area (Å²) in [5.41, 5.74) is 1.25. The van der Waals surface area contributed by atoms with Crippen molar-refractivity contribution in [3.63, 3.8) is 0 Å². The number of carbonyl (C=O) groups is 2. The van der Waals surface area contributed by atoms with E-state index in [0.717, 1.165) is 19.5 Å². The highest BCUT2D eigenvalue weighted by Crippen LogP contribution is 2.20. The third-order valence-electron chi connectivity index (χ3n) is 4.73. The second kappa shape index (κ2) is 7.77. The molecular formula is C18H24N2O4. The monoisotopic (exact) mass is 332 g/mol. The van der Waals surface area contributed by atoms with E-state index < -0.39 is 12.0 Å². The number of benzene rings is 1. The smallest absolute Gasteiger partial charge is 0.326 e. The van der Waals surface area contributed by atoms with Crippen LogP contribution in [0, 0.1) is 0 Å². The van der Waals surface area contributed by atoms with Crippen LogP contribution in [0.1, 0.15) is 24.8 Å². The van der Waals surface area contributed by atoms with E-state index in [1.54, 1.807) is 0 Å². The first-order valence-electron chi connectivity index (χ1n) is 8.53. The number of nitrogens with zero attached hydrogens (tertiary/aromatic N) is 2. The number of carbonyl (C=O) groups excluding carboxylic acids is 1. The molecule has 0 radical (unpaired) electrons. The molecule has 1 aromatic rings. The van der Waals surface area contributed by atoms with E-state index in [1.807, 2.05) is 18.2 Å². The molecule has 2 saturated heterocycles. The Bertz CT molecular complexity index is 578. The van der Waals surface area contributed by atoms with Gasteiger partial charge in [0.05, 0.1) is 19.1 Å². The number of amides is 1. The van der Waals surface area contributed by atoms with Gasteiger partial charge in [0, 0.05) is 26.2 Å². The largest absolute Gasteiger partial charge is 0.480 e. The number of carboxylic acids is 1. The molecule has 2 aliphatic heterocycles. The second-order valence-corrected chi connectivity index (χ2v) is 6.50. The molecule has 6 nitrogen and oxygen atoms in total. The highest BCUT2D eigenvalue weighted by molar-refractivity contribution is 5.84. The molecule has 1 aromatic carbocycles. The van der Waals surface area contributed by atoms with E-state index in [4.69, 9.17) is 4.74 Å². The minimum absolute atomic E-state index is 0.105. The topological polar surface area (TPSA) is 70.1 Å². The molecule has 1 N–H and O–H groups in total. The van der Waals surface area contributed by atoms with E-state index in [0.29, 0.717) is 26.1 Å². The van der Waals surface area contributed by atoms with Gasteiger partial charge in [0.1, 0.15) is 6.04 Å². The lowest BCUT2D eigenvalue weighted by atomic mass is 10.1. The van der Waals surface area contributed by atoms with Crippen molar-refractivity contribution in [2.24, 2.45) is 0 Å². The van der Waals surface area contributed by atoms with Crippen LogP contribution in [0.2, 0.25) is 0 Å². The van der Waals surface area contributed by atoms with Crippen LogP contribution in [0.5, 0.6) is 0 Å². The minimum Gasteiger partial charge on any atom is -0.480 e. The van der Waals surface area contributed by atoms with Crippen LogP contribution in [0.4, 0.5) is 0 Å². The van der Waals surface area contributed by atoms with Crippen molar-refractivity contribution < 1.29 is 19.4 Å². The molecular weight excluding hydrogens is 308 g/mol. The number of aliphatic carboxylic acids is 1. The molecule has 1 amide bonds. The van der Waals surface area contributed by atoms with Crippen LogP contribution >= 0.6 is 0 Å². The highest BCUT2D eigenvalue weighted by Gasteiger charge is 2.35. The zero-order valence-electron chi connectivity index (χ0n) is 13.8. The molecule has 3 rings (SSSR count). The number of hydrogen-bond donors (Lipinski definition) is 1. The Morgan fingerprint density at radius 1 is 1.21 bits per heavy atom. The van der Waals surface area contributed by atoms with Gasteiger partial charge < -0.3 is 14.7 Å². The van der Waals surface area contributed by atoms with E-state index in [-0.39, 0.29) is 18.4 Å². The SMILES string of the molecule is O=C(O)[C@H]1CCCN1C(=O)C[C@H]1CN(Cc2ccccc2)CCO1. The molecule has 0 aromatic heterocycles. The average Bonchev–Trinajstić information content (AvgIpc) is 3.06. The Morgan fingerprint density at radius 2 is 2.00 bits per heavy atom. The molecule has 0 unspecified atom stereocenters. The van der Waals surface area contributed by atoms with Gasteiger partial charge in [-0.05, 0) is 18.4 Å². The summed E-state index contributed by atoms with van der Waals surface area (Å²) in [4.78, 5) is 27.5. The lowest BCUT2D eigenvalue weighted by Crippen LogP contribution is -2.46. The first-order valence-corrected chi connectivity index (χ1v) is 8.53. The van der Waals surface area contributed by atoms with Crippen molar-refractivity contribution in [3.8, 4) is 0 Å². The lowest BCUT2D eigenvalue weighted by molar-refractivity contribution is -0.150. The molecule has 2 aliphatic rings. The fraction of sp³-hybridized carbons (Fsp3) is 0.556. The Kier molecular flexibility index (Phi) is 5.48. The normalized spacial score (nSPS) is 24.9. The molecule has 0 aliphatic carbocycles.